The third kappa shape index (κ3) is 2.71. The maximum absolute atomic E-state index is 12.3. The Morgan fingerprint density at radius 3 is 2.95 bits per heavy atom. The van der Waals surface area contributed by atoms with Crippen molar-refractivity contribution in [3.63, 3.8) is 0 Å². The van der Waals surface area contributed by atoms with Crippen LogP contribution in [0, 0.1) is 0 Å². The van der Waals surface area contributed by atoms with E-state index in [-0.39, 0.29) is 18.4 Å². The number of rotatable bonds is 5. The Balaban J connectivity index is 1.64. The lowest BCUT2D eigenvalue weighted by molar-refractivity contribution is 0.0946. The van der Waals surface area contributed by atoms with Gasteiger partial charge < -0.3 is 19.5 Å². The smallest absolute Gasteiger partial charge is 0.267 e. The standard InChI is InChI=1S/C15H16N4O3/c1-19-11-5-3-2-4-10(11)8-12(19)15(21)16-7-6-13-17-14(9-20)22-18-13/h2-5,8,20H,6-7,9H2,1H3,(H,16,21). The molecule has 0 spiro atoms. The van der Waals surface area contributed by atoms with Crippen molar-refractivity contribution >= 4 is 16.8 Å². The number of fused-ring (bicyclic) bond motifs is 1. The van der Waals surface area contributed by atoms with E-state index in [4.69, 9.17) is 9.63 Å². The van der Waals surface area contributed by atoms with Gasteiger partial charge in [-0.3, -0.25) is 4.79 Å². The third-order valence-corrected chi connectivity index (χ3v) is 3.46. The first-order valence-corrected chi connectivity index (χ1v) is 6.94. The van der Waals surface area contributed by atoms with E-state index < -0.39 is 0 Å². The number of aryl methyl sites for hydroxylation is 1. The monoisotopic (exact) mass is 300 g/mol. The average Bonchev–Trinajstić information content (AvgIpc) is 3.12. The maximum atomic E-state index is 12.3. The van der Waals surface area contributed by atoms with Crippen LogP contribution in [0.25, 0.3) is 10.9 Å². The van der Waals surface area contributed by atoms with E-state index in [1.165, 1.54) is 0 Å². The van der Waals surface area contributed by atoms with Gasteiger partial charge in [0, 0.05) is 30.9 Å². The summed E-state index contributed by atoms with van der Waals surface area (Å²) in [4.78, 5) is 16.2. The molecule has 22 heavy (non-hydrogen) atoms. The molecule has 2 heterocycles. The maximum Gasteiger partial charge on any atom is 0.267 e. The van der Waals surface area contributed by atoms with Crippen LogP contribution >= 0.6 is 0 Å². The van der Waals surface area contributed by atoms with Gasteiger partial charge >= 0.3 is 0 Å². The summed E-state index contributed by atoms with van der Waals surface area (Å²) < 4.78 is 6.65. The molecular formula is C15H16N4O3. The molecule has 0 atom stereocenters. The number of amides is 1. The zero-order chi connectivity index (χ0) is 15.5. The van der Waals surface area contributed by atoms with Crippen LogP contribution in [0.15, 0.2) is 34.9 Å². The number of carbonyl (C=O) groups excluding carboxylic acids is 1. The van der Waals surface area contributed by atoms with Gasteiger partial charge in [0.05, 0.1) is 0 Å². The first kappa shape index (κ1) is 14.3. The largest absolute Gasteiger partial charge is 0.387 e. The summed E-state index contributed by atoms with van der Waals surface area (Å²) in [6.07, 6.45) is 0.444. The van der Waals surface area contributed by atoms with Crippen LogP contribution in [0.4, 0.5) is 0 Å². The fraction of sp³-hybridized carbons (Fsp3) is 0.267. The van der Waals surface area contributed by atoms with E-state index in [0.717, 1.165) is 10.9 Å². The molecule has 3 aromatic rings. The van der Waals surface area contributed by atoms with Crippen molar-refractivity contribution in [1.29, 1.82) is 0 Å². The minimum absolute atomic E-state index is 0.149. The van der Waals surface area contributed by atoms with Crippen molar-refractivity contribution in [3.05, 3.63) is 47.7 Å². The Morgan fingerprint density at radius 2 is 2.23 bits per heavy atom. The number of benzene rings is 1. The Hall–Kier alpha value is -2.67. The van der Waals surface area contributed by atoms with E-state index in [1.54, 1.807) is 0 Å². The molecule has 0 aliphatic carbocycles. The Morgan fingerprint density at radius 1 is 1.41 bits per heavy atom. The Kier molecular flexibility index (Phi) is 3.88. The predicted molar refractivity (Wildman–Crippen MR) is 79.2 cm³/mol. The van der Waals surface area contributed by atoms with E-state index in [0.29, 0.717) is 24.5 Å². The van der Waals surface area contributed by atoms with Crippen molar-refractivity contribution < 1.29 is 14.4 Å². The van der Waals surface area contributed by atoms with Gasteiger partial charge in [0.15, 0.2) is 5.82 Å². The molecular weight excluding hydrogens is 284 g/mol. The van der Waals surface area contributed by atoms with Crippen LogP contribution in [0.5, 0.6) is 0 Å². The minimum Gasteiger partial charge on any atom is -0.387 e. The highest BCUT2D eigenvalue weighted by Gasteiger charge is 2.13. The number of hydrogen-bond acceptors (Lipinski definition) is 5. The molecule has 7 nitrogen and oxygen atoms in total. The highest BCUT2D eigenvalue weighted by Crippen LogP contribution is 2.18. The zero-order valence-electron chi connectivity index (χ0n) is 12.1. The quantitative estimate of drug-likeness (QED) is 0.734. The fourth-order valence-electron chi connectivity index (χ4n) is 2.34. The molecule has 1 aromatic carbocycles. The predicted octanol–water partition coefficient (Wildman–Crippen LogP) is 1.03. The van der Waals surface area contributed by atoms with Crippen LogP contribution in [-0.4, -0.2) is 32.3 Å². The molecule has 0 aliphatic heterocycles. The van der Waals surface area contributed by atoms with Gasteiger partial charge in [0.1, 0.15) is 12.3 Å². The Labute approximate surface area is 126 Å². The summed E-state index contributed by atoms with van der Waals surface area (Å²) in [7, 11) is 1.87. The molecule has 0 saturated heterocycles. The normalized spacial score (nSPS) is 11.0. The van der Waals surface area contributed by atoms with E-state index in [1.807, 2.05) is 41.9 Å². The summed E-state index contributed by atoms with van der Waals surface area (Å²) >= 11 is 0. The number of aliphatic hydroxyl groups excluding tert-OH is 1. The molecule has 2 aromatic heterocycles. The van der Waals surface area contributed by atoms with Gasteiger partial charge in [-0.25, -0.2) is 0 Å². The number of para-hydroxylation sites is 1. The molecule has 1 amide bonds. The summed E-state index contributed by atoms with van der Waals surface area (Å²) in [6.45, 7) is 0.111. The summed E-state index contributed by atoms with van der Waals surface area (Å²) in [5.74, 6) is 0.487. The molecule has 0 aliphatic rings. The number of carbonyl (C=O) groups is 1. The molecule has 0 fully saturated rings. The van der Waals surface area contributed by atoms with Crippen molar-refractivity contribution in [2.75, 3.05) is 6.54 Å². The van der Waals surface area contributed by atoms with Gasteiger partial charge in [-0.15, -0.1) is 0 Å². The molecule has 0 saturated carbocycles. The average molecular weight is 300 g/mol. The Bertz CT molecular complexity index is 806. The number of aromatic nitrogens is 3. The second-order valence-corrected chi connectivity index (χ2v) is 4.92. The number of nitrogens with one attached hydrogen (secondary N) is 1. The number of aliphatic hydroxyl groups is 1. The minimum atomic E-state index is -0.282. The second-order valence-electron chi connectivity index (χ2n) is 4.92. The van der Waals surface area contributed by atoms with E-state index in [9.17, 15) is 4.79 Å². The summed E-state index contributed by atoms with van der Waals surface area (Å²) in [6, 6.07) is 9.70. The summed E-state index contributed by atoms with van der Waals surface area (Å²) in [5, 5.41) is 16.4. The van der Waals surface area contributed by atoms with Crippen LogP contribution in [0.2, 0.25) is 0 Å². The lowest BCUT2D eigenvalue weighted by Crippen LogP contribution is -2.27. The van der Waals surface area contributed by atoms with Gasteiger partial charge in [-0.1, -0.05) is 23.4 Å². The van der Waals surface area contributed by atoms with Crippen LogP contribution in [0.1, 0.15) is 22.2 Å². The molecule has 0 unspecified atom stereocenters. The van der Waals surface area contributed by atoms with E-state index >= 15 is 0 Å². The molecule has 0 bridgehead atoms. The van der Waals surface area contributed by atoms with Gasteiger partial charge in [-0.05, 0) is 12.1 Å². The van der Waals surface area contributed by atoms with E-state index in [2.05, 4.69) is 15.5 Å². The number of nitrogens with zero attached hydrogens (tertiary/aromatic N) is 3. The summed E-state index contributed by atoms with van der Waals surface area (Å²) in [5.41, 5.74) is 1.61. The van der Waals surface area contributed by atoms with Crippen LogP contribution in [-0.2, 0) is 20.1 Å². The molecule has 2 N–H and O–H groups in total. The number of hydrogen-bond donors (Lipinski definition) is 2. The molecule has 7 heteroatoms. The lowest BCUT2D eigenvalue weighted by atomic mass is 10.2. The topological polar surface area (TPSA) is 93.2 Å². The van der Waals surface area contributed by atoms with Crippen molar-refractivity contribution in [2.45, 2.75) is 13.0 Å². The zero-order valence-corrected chi connectivity index (χ0v) is 12.1. The highest BCUT2D eigenvalue weighted by atomic mass is 16.5. The molecule has 3 rings (SSSR count). The third-order valence-electron chi connectivity index (χ3n) is 3.46. The SMILES string of the molecule is Cn1c(C(=O)NCCc2noc(CO)n2)cc2ccccc21. The van der Waals surface area contributed by atoms with Crippen molar-refractivity contribution in [2.24, 2.45) is 7.05 Å². The second kappa shape index (κ2) is 5.98. The first-order chi connectivity index (χ1) is 10.7. The molecule has 0 radical (unpaired) electrons. The highest BCUT2D eigenvalue weighted by molar-refractivity contribution is 5.98. The van der Waals surface area contributed by atoms with Crippen LogP contribution < -0.4 is 5.32 Å². The van der Waals surface area contributed by atoms with Gasteiger partial charge in [-0.2, -0.15) is 4.98 Å². The van der Waals surface area contributed by atoms with Gasteiger partial charge in [0.2, 0.25) is 0 Å². The molecule has 114 valence electrons. The lowest BCUT2D eigenvalue weighted by Gasteiger charge is -2.05. The van der Waals surface area contributed by atoms with Crippen molar-refractivity contribution in [3.8, 4) is 0 Å². The fourth-order valence-corrected chi connectivity index (χ4v) is 2.34. The van der Waals surface area contributed by atoms with Crippen molar-refractivity contribution in [1.82, 2.24) is 20.0 Å². The van der Waals surface area contributed by atoms with Gasteiger partial charge in [0.25, 0.3) is 11.8 Å². The first-order valence-electron chi connectivity index (χ1n) is 6.94. The van der Waals surface area contributed by atoms with Crippen LogP contribution in [0.3, 0.4) is 0 Å².